The summed E-state index contributed by atoms with van der Waals surface area (Å²) in [5.74, 6) is -0.889. The van der Waals surface area contributed by atoms with Crippen LogP contribution in [0.25, 0.3) is 0 Å². The van der Waals surface area contributed by atoms with Gasteiger partial charge in [-0.25, -0.2) is 4.79 Å². The summed E-state index contributed by atoms with van der Waals surface area (Å²) in [4.78, 5) is 11.9. The number of aliphatic carboxylic acids is 1. The second-order valence-electron chi connectivity index (χ2n) is 5.94. The zero-order valence-corrected chi connectivity index (χ0v) is 11.7. The Balaban J connectivity index is 2.29. The quantitative estimate of drug-likeness (QED) is 0.812. The molecule has 0 aromatic carbocycles. The lowest BCUT2D eigenvalue weighted by Crippen LogP contribution is -2.57. The summed E-state index contributed by atoms with van der Waals surface area (Å²) in [6.45, 7) is 4.56. The minimum Gasteiger partial charge on any atom is -0.479 e. The highest BCUT2D eigenvalue weighted by Crippen LogP contribution is 2.55. The fraction of sp³-hybridized carbons (Fsp3) is 0.929. The van der Waals surface area contributed by atoms with Gasteiger partial charge in [0, 0.05) is 18.6 Å². The molecule has 5 heteroatoms. The highest BCUT2D eigenvalue weighted by Gasteiger charge is 2.61. The molecule has 2 rings (SSSR count). The Morgan fingerprint density at radius 2 is 1.84 bits per heavy atom. The van der Waals surface area contributed by atoms with Gasteiger partial charge in [-0.3, -0.25) is 0 Å². The number of hydrogen-bond donors (Lipinski definition) is 2. The normalized spacial score (nSPS) is 33.2. The molecule has 0 aromatic rings. The predicted molar refractivity (Wildman–Crippen MR) is 68.9 cm³/mol. The highest BCUT2D eigenvalue weighted by molar-refractivity contribution is 5.79. The smallest absolute Gasteiger partial charge is 0.336 e. The third-order valence-corrected chi connectivity index (χ3v) is 4.90. The van der Waals surface area contributed by atoms with Crippen molar-refractivity contribution < 1.29 is 24.5 Å². The van der Waals surface area contributed by atoms with E-state index in [4.69, 9.17) is 9.47 Å². The summed E-state index contributed by atoms with van der Waals surface area (Å²) in [6, 6.07) is 0. The Morgan fingerprint density at radius 3 is 2.37 bits per heavy atom. The first-order valence-corrected chi connectivity index (χ1v) is 7.11. The van der Waals surface area contributed by atoms with Crippen LogP contribution in [-0.2, 0) is 14.3 Å². The van der Waals surface area contributed by atoms with Gasteiger partial charge in [-0.2, -0.15) is 0 Å². The Morgan fingerprint density at radius 1 is 1.21 bits per heavy atom. The Bertz CT molecular complexity index is 335. The molecule has 1 saturated heterocycles. The molecule has 0 aromatic heterocycles. The zero-order chi connectivity index (χ0) is 14.1. The molecular weight excluding hydrogens is 248 g/mol. The van der Waals surface area contributed by atoms with E-state index in [1.54, 1.807) is 13.8 Å². The fourth-order valence-electron chi connectivity index (χ4n) is 3.54. The van der Waals surface area contributed by atoms with E-state index in [1.165, 1.54) is 0 Å². The first-order chi connectivity index (χ1) is 8.93. The van der Waals surface area contributed by atoms with Gasteiger partial charge >= 0.3 is 5.97 Å². The van der Waals surface area contributed by atoms with Gasteiger partial charge in [0.05, 0.1) is 12.2 Å². The summed E-state index contributed by atoms with van der Waals surface area (Å²) >= 11 is 0. The molecule has 1 spiro atoms. The SMILES string of the molecule is CC(O)C(C)OC1(C(=O)O)CCCC12CCOCC2. The average molecular weight is 272 g/mol. The van der Waals surface area contributed by atoms with Crippen LogP contribution in [0.4, 0.5) is 0 Å². The molecule has 1 aliphatic heterocycles. The van der Waals surface area contributed by atoms with E-state index >= 15 is 0 Å². The molecule has 5 nitrogen and oxygen atoms in total. The van der Waals surface area contributed by atoms with Gasteiger partial charge < -0.3 is 19.7 Å². The van der Waals surface area contributed by atoms with Crippen molar-refractivity contribution >= 4 is 5.97 Å². The molecule has 1 saturated carbocycles. The van der Waals surface area contributed by atoms with E-state index in [0.29, 0.717) is 19.6 Å². The van der Waals surface area contributed by atoms with Crippen LogP contribution in [0.3, 0.4) is 0 Å². The Kier molecular flexibility index (Phi) is 4.18. The highest BCUT2D eigenvalue weighted by atomic mass is 16.5. The van der Waals surface area contributed by atoms with Crippen molar-refractivity contribution in [1.82, 2.24) is 0 Å². The van der Waals surface area contributed by atoms with Crippen molar-refractivity contribution in [2.45, 2.75) is 63.8 Å². The van der Waals surface area contributed by atoms with Gasteiger partial charge in [0.2, 0.25) is 0 Å². The zero-order valence-electron chi connectivity index (χ0n) is 11.7. The number of carbonyl (C=O) groups is 1. The summed E-state index contributed by atoms with van der Waals surface area (Å²) < 4.78 is 11.3. The van der Waals surface area contributed by atoms with E-state index in [2.05, 4.69) is 0 Å². The van der Waals surface area contributed by atoms with Crippen molar-refractivity contribution in [3.63, 3.8) is 0 Å². The van der Waals surface area contributed by atoms with Crippen LogP contribution in [0.2, 0.25) is 0 Å². The monoisotopic (exact) mass is 272 g/mol. The van der Waals surface area contributed by atoms with Crippen LogP contribution < -0.4 is 0 Å². The van der Waals surface area contributed by atoms with Gasteiger partial charge in [-0.15, -0.1) is 0 Å². The van der Waals surface area contributed by atoms with Crippen LogP contribution in [0, 0.1) is 5.41 Å². The van der Waals surface area contributed by atoms with Crippen LogP contribution >= 0.6 is 0 Å². The third kappa shape index (κ3) is 2.39. The summed E-state index contributed by atoms with van der Waals surface area (Å²) in [5, 5.41) is 19.4. The fourth-order valence-corrected chi connectivity index (χ4v) is 3.54. The largest absolute Gasteiger partial charge is 0.479 e. The van der Waals surface area contributed by atoms with E-state index in [1.807, 2.05) is 0 Å². The van der Waals surface area contributed by atoms with E-state index < -0.39 is 23.8 Å². The first kappa shape index (κ1) is 14.8. The van der Waals surface area contributed by atoms with Crippen molar-refractivity contribution in [1.29, 1.82) is 0 Å². The molecular formula is C14H24O5. The van der Waals surface area contributed by atoms with Crippen molar-refractivity contribution in [2.24, 2.45) is 5.41 Å². The molecule has 0 radical (unpaired) electrons. The molecule has 2 fully saturated rings. The van der Waals surface area contributed by atoms with Gasteiger partial charge in [0.15, 0.2) is 5.60 Å². The number of aliphatic hydroxyl groups excluding tert-OH is 1. The number of carboxylic acid groups (broad SMARTS) is 1. The van der Waals surface area contributed by atoms with Crippen LogP contribution in [0.15, 0.2) is 0 Å². The maximum Gasteiger partial charge on any atom is 0.336 e. The molecule has 3 unspecified atom stereocenters. The number of rotatable bonds is 4. The van der Waals surface area contributed by atoms with Gasteiger partial charge in [0.25, 0.3) is 0 Å². The van der Waals surface area contributed by atoms with Crippen molar-refractivity contribution in [3.8, 4) is 0 Å². The average Bonchev–Trinajstić information content (AvgIpc) is 2.70. The number of ether oxygens (including phenoxy) is 2. The minimum atomic E-state index is -1.16. The molecule has 2 N–H and O–H groups in total. The third-order valence-electron chi connectivity index (χ3n) is 4.90. The molecule has 19 heavy (non-hydrogen) atoms. The minimum absolute atomic E-state index is 0.333. The topological polar surface area (TPSA) is 76.0 Å². The molecule has 0 bridgehead atoms. The van der Waals surface area contributed by atoms with Gasteiger partial charge in [-0.1, -0.05) is 0 Å². The first-order valence-electron chi connectivity index (χ1n) is 7.11. The second kappa shape index (κ2) is 5.38. The van der Waals surface area contributed by atoms with Crippen LogP contribution in [0.5, 0.6) is 0 Å². The van der Waals surface area contributed by atoms with Crippen LogP contribution in [-0.4, -0.2) is 47.2 Å². The predicted octanol–water partition coefficient (Wildman–Crippen LogP) is 1.58. The number of hydrogen-bond acceptors (Lipinski definition) is 4. The molecule has 3 atom stereocenters. The molecule has 110 valence electrons. The number of carboxylic acids is 1. The lowest BCUT2D eigenvalue weighted by molar-refractivity contribution is -0.212. The summed E-state index contributed by atoms with van der Waals surface area (Å²) in [7, 11) is 0. The lowest BCUT2D eigenvalue weighted by atomic mass is 9.68. The van der Waals surface area contributed by atoms with Crippen molar-refractivity contribution in [2.75, 3.05) is 13.2 Å². The molecule has 1 heterocycles. The van der Waals surface area contributed by atoms with Gasteiger partial charge in [-0.05, 0) is 46.0 Å². The lowest BCUT2D eigenvalue weighted by Gasteiger charge is -2.46. The molecule has 0 amide bonds. The summed E-state index contributed by atoms with van der Waals surface area (Å²) in [5.41, 5.74) is -1.49. The Labute approximate surface area is 113 Å². The van der Waals surface area contributed by atoms with Crippen LogP contribution in [0.1, 0.15) is 46.0 Å². The number of aliphatic hydroxyl groups is 1. The van der Waals surface area contributed by atoms with E-state index in [-0.39, 0.29) is 5.41 Å². The standard InChI is InChI=1S/C14H24O5/c1-10(15)11(2)19-14(12(16)17)5-3-4-13(14)6-8-18-9-7-13/h10-11,15H,3-9H2,1-2H3,(H,16,17). The second-order valence-corrected chi connectivity index (χ2v) is 5.94. The maximum absolute atomic E-state index is 11.9. The maximum atomic E-state index is 11.9. The van der Waals surface area contributed by atoms with Crippen molar-refractivity contribution in [3.05, 3.63) is 0 Å². The van der Waals surface area contributed by atoms with Gasteiger partial charge in [0.1, 0.15) is 0 Å². The van der Waals surface area contributed by atoms with E-state index in [0.717, 1.165) is 25.7 Å². The molecule has 1 aliphatic carbocycles. The Hall–Kier alpha value is -0.650. The summed E-state index contributed by atoms with van der Waals surface area (Å²) in [6.07, 6.45) is 2.56. The van der Waals surface area contributed by atoms with E-state index in [9.17, 15) is 15.0 Å². The molecule has 2 aliphatic rings.